The third-order valence-corrected chi connectivity index (χ3v) is 4.64. The maximum atomic E-state index is 13.1. The number of imide groups is 1. The van der Waals surface area contributed by atoms with Gasteiger partial charge in [0.2, 0.25) is 0 Å². The van der Waals surface area contributed by atoms with Gasteiger partial charge in [-0.15, -0.1) is 0 Å². The molecule has 0 aliphatic carbocycles. The fourth-order valence-corrected chi connectivity index (χ4v) is 3.11. The molecule has 0 spiro atoms. The van der Waals surface area contributed by atoms with Crippen molar-refractivity contribution >= 4 is 23.1 Å². The second-order valence-electron chi connectivity index (χ2n) is 6.44. The van der Waals surface area contributed by atoms with Crippen LogP contribution in [0.3, 0.4) is 0 Å². The van der Waals surface area contributed by atoms with Crippen LogP contribution in [0.25, 0.3) is 5.57 Å². The van der Waals surface area contributed by atoms with Gasteiger partial charge in [-0.3, -0.25) is 14.5 Å². The molecule has 7 nitrogen and oxygen atoms in total. The molecular formula is C22H24N2O5. The summed E-state index contributed by atoms with van der Waals surface area (Å²) >= 11 is 0. The van der Waals surface area contributed by atoms with E-state index >= 15 is 0 Å². The smallest absolute Gasteiger partial charge is 0.278 e. The molecule has 152 valence electrons. The number of rotatable bonds is 9. The predicted molar refractivity (Wildman–Crippen MR) is 110 cm³/mol. The molecule has 0 saturated heterocycles. The molecule has 29 heavy (non-hydrogen) atoms. The van der Waals surface area contributed by atoms with Crippen molar-refractivity contribution in [2.75, 3.05) is 39.8 Å². The largest absolute Gasteiger partial charge is 0.497 e. The number of anilines is 1. The van der Waals surface area contributed by atoms with Crippen LogP contribution in [-0.4, -0.2) is 51.2 Å². The first-order valence-electron chi connectivity index (χ1n) is 9.24. The lowest BCUT2D eigenvalue weighted by Gasteiger charge is -2.15. The summed E-state index contributed by atoms with van der Waals surface area (Å²) in [6.07, 6.45) is 0.569. The minimum atomic E-state index is -0.354. The summed E-state index contributed by atoms with van der Waals surface area (Å²) < 4.78 is 15.4. The Kier molecular flexibility index (Phi) is 6.51. The number of ether oxygens (including phenoxy) is 3. The first kappa shape index (κ1) is 20.4. The Labute approximate surface area is 169 Å². The van der Waals surface area contributed by atoms with Gasteiger partial charge in [-0.25, -0.2) is 0 Å². The van der Waals surface area contributed by atoms with E-state index in [4.69, 9.17) is 14.2 Å². The number of carbonyl (C=O) groups excluding carboxylic acids is 2. The third kappa shape index (κ3) is 4.41. The van der Waals surface area contributed by atoms with Gasteiger partial charge in [0.1, 0.15) is 17.2 Å². The van der Waals surface area contributed by atoms with Crippen LogP contribution >= 0.6 is 0 Å². The van der Waals surface area contributed by atoms with Crippen molar-refractivity contribution in [2.24, 2.45) is 0 Å². The van der Waals surface area contributed by atoms with Crippen LogP contribution in [0.4, 0.5) is 5.69 Å². The summed E-state index contributed by atoms with van der Waals surface area (Å²) in [5.74, 6) is 0.697. The van der Waals surface area contributed by atoms with Crippen molar-refractivity contribution < 1.29 is 23.8 Å². The van der Waals surface area contributed by atoms with Crippen LogP contribution in [0, 0.1) is 0 Å². The minimum Gasteiger partial charge on any atom is -0.497 e. The number of hydrogen-bond donors (Lipinski definition) is 1. The van der Waals surface area contributed by atoms with Gasteiger partial charge in [-0.2, -0.15) is 0 Å². The van der Waals surface area contributed by atoms with Crippen LogP contribution in [0.5, 0.6) is 11.5 Å². The zero-order chi connectivity index (χ0) is 20.8. The van der Waals surface area contributed by atoms with Crippen molar-refractivity contribution in [3.05, 3.63) is 59.8 Å². The minimum absolute atomic E-state index is 0.253. The quantitative estimate of drug-likeness (QED) is 0.519. The topological polar surface area (TPSA) is 77.1 Å². The summed E-state index contributed by atoms with van der Waals surface area (Å²) in [5.41, 5.74) is 1.93. The number of nitrogens with zero attached hydrogens (tertiary/aromatic N) is 1. The lowest BCUT2D eigenvalue weighted by molar-refractivity contribution is -0.136. The van der Waals surface area contributed by atoms with Crippen molar-refractivity contribution in [3.8, 4) is 11.5 Å². The molecule has 3 rings (SSSR count). The molecule has 0 fully saturated rings. The van der Waals surface area contributed by atoms with E-state index in [0.29, 0.717) is 47.9 Å². The molecular weight excluding hydrogens is 372 g/mol. The van der Waals surface area contributed by atoms with Gasteiger partial charge in [0.15, 0.2) is 0 Å². The van der Waals surface area contributed by atoms with Crippen LogP contribution in [-0.2, 0) is 14.3 Å². The summed E-state index contributed by atoms with van der Waals surface area (Å²) in [6, 6.07) is 14.2. The molecule has 2 amide bonds. The van der Waals surface area contributed by atoms with E-state index in [1.165, 1.54) is 4.90 Å². The number of amides is 2. The summed E-state index contributed by atoms with van der Waals surface area (Å²) in [7, 11) is 4.75. The van der Waals surface area contributed by atoms with Gasteiger partial charge >= 0.3 is 0 Å². The summed E-state index contributed by atoms with van der Waals surface area (Å²) in [5, 5.41) is 3.12. The van der Waals surface area contributed by atoms with Gasteiger partial charge in [0.05, 0.1) is 19.8 Å². The highest BCUT2D eigenvalue weighted by atomic mass is 16.5. The van der Waals surface area contributed by atoms with E-state index in [2.05, 4.69) is 5.32 Å². The lowest BCUT2D eigenvalue weighted by Crippen LogP contribution is -2.33. The molecule has 1 N–H and O–H groups in total. The van der Waals surface area contributed by atoms with Crippen LogP contribution in [0.2, 0.25) is 0 Å². The second-order valence-corrected chi connectivity index (χ2v) is 6.44. The standard InChI is InChI=1S/C22H24N2O5/c1-27-14-4-13-24-21(25)19(15-5-9-17(28-2)10-6-15)20(22(24)26)23-16-7-11-18(29-3)12-8-16/h5-12,23H,4,13-14H2,1-3H3. The van der Waals surface area contributed by atoms with E-state index < -0.39 is 0 Å². The molecule has 0 aromatic heterocycles. The second kappa shape index (κ2) is 9.25. The maximum absolute atomic E-state index is 13.1. The number of nitrogens with one attached hydrogen (secondary N) is 1. The van der Waals surface area contributed by atoms with Crippen molar-refractivity contribution in [2.45, 2.75) is 6.42 Å². The molecule has 0 atom stereocenters. The monoisotopic (exact) mass is 396 g/mol. The first-order chi connectivity index (χ1) is 14.1. The van der Waals surface area contributed by atoms with Crippen LogP contribution in [0.1, 0.15) is 12.0 Å². The van der Waals surface area contributed by atoms with Gasteiger partial charge < -0.3 is 19.5 Å². The molecule has 1 heterocycles. The lowest BCUT2D eigenvalue weighted by atomic mass is 10.0. The van der Waals surface area contributed by atoms with Crippen LogP contribution < -0.4 is 14.8 Å². The van der Waals surface area contributed by atoms with E-state index in [1.807, 2.05) is 0 Å². The highest BCUT2D eigenvalue weighted by molar-refractivity contribution is 6.36. The Morgan fingerprint density at radius 1 is 0.828 bits per heavy atom. The van der Waals surface area contributed by atoms with Gasteiger partial charge in [-0.05, 0) is 48.4 Å². The summed E-state index contributed by atoms with van der Waals surface area (Å²) in [6.45, 7) is 0.759. The molecule has 1 aliphatic heterocycles. The Hall–Kier alpha value is -3.32. The zero-order valence-electron chi connectivity index (χ0n) is 16.7. The first-order valence-corrected chi connectivity index (χ1v) is 9.24. The fraction of sp³-hybridized carbons (Fsp3) is 0.273. The number of carbonyl (C=O) groups is 2. The molecule has 1 aliphatic rings. The highest BCUT2D eigenvalue weighted by Crippen LogP contribution is 2.31. The molecule has 7 heteroatoms. The third-order valence-electron chi connectivity index (χ3n) is 4.64. The Morgan fingerprint density at radius 3 is 1.97 bits per heavy atom. The maximum Gasteiger partial charge on any atom is 0.278 e. The van der Waals surface area contributed by atoms with Crippen molar-refractivity contribution in [3.63, 3.8) is 0 Å². The van der Waals surface area contributed by atoms with Crippen molar-refractivity contribution in [1.82, 2.24) is 4.90 Å². The number of benzene rings is 2. The van der Waals surface area contributed by atoms with Gasteiger partial charge in [0.25, 0.3) is 11.8 Å². The summed E-state index contributed by atoms with van der Waals surface area (Å²) in [4.78, 5) is 27.4. The molecule has 2 aromatic carbocycles. The van der Waals surface area contributed by atoms with E-state index in [1.54, 1.807) is 69.9 Å². The SMILES string of the molecule is COCCCN1C(=O)C(Nc2ccc(OC)cc2)=C(c2ccc(OC)cc2)C1=O. The van der Waals surface area contributed by atoms with Crippen LogP contribution in [0.15, 0.2) is 54.2 Å². The van der Waals surface area contributed by atoms with E-state index in [-0.39, 0.29) is 17.5 Å². The molecule has 0 bridgehead atoms. The van der Waals surface area contributed by atoms with E-state index in [9.17, 15) is 9.59 Å². The highest BCUT2D eigenvalue weighted by Gasteiger charge is 2.38. The van der Waals surface area contributed by atoms with Gasteiger partial charge in [0, 0.05) is 25.9 Å². The van der Waals surface area contributed by atoms with Crippen molar-refractivity contribution in [1.29, 1.82) is 0 Å². The Morgan fingerprint density at radius 2 is 1.41 bits per heavy atom. The number of hydrogen-bond acceptors (Lipinski definition) is 6. The molecule has 0 radical (unpaired) electrons. The average molecular weight is 396 g/mol. The molecule has 0 unspecified atom stereocenters. The average Bonchev–Trinajstić information content (AvgIpc) is 2.98. The predicted octanol–water partition coefficient (Wildman–Crippen LogP) is 2.93. The van der Waals surface area contributed by atoms with Gasteiger partial charge in [-0.1, -0.05) is 12.1 Å². The molecule has 2 aromatic rings. The van der Waals surface area contributed by atoms with E-state index in [0.717, 1.165) is 0 Å². The molecule has 0 saturated carbocycles. The Bertz CT molecular complexity index is 904. The Balaban J connectivity index is 1.96. The fourth-order valence-electron chi connectivity index (χ4n) is 3.11. The normalized spacial score (nSPS) is 13.8. The number of methoxy groups -OCH3 is 3. The zero-order valence-corrected chi connectivity index (χ0v) is 16.7.